The maximum Gasteiger partial charge on any atom is 0.158 e. The molecule has 1 aliphatic carbocycles. The lowest BCUT2D eigenvalue weighted by Gasteiger charge is -2.37. The van der Waals surface area contributed by atoms with Crippen LogP contribution in [0.4, 0.5) is 0 Å². The number of hydrogen-bond donors (Lipinski definition) is 1. The fourth-order valence-corrected chi connectivity index (χ4v) is 3.21. The molecule has 3 atom stereocenters. The Morgan fingerprint density at radius 2 is 2.08 bits per heavy atom. The fraction of sp³-hybridized carbons (Fsp3) is 1.00. The van der Waals surface area contributed by atoms with Crippen LogP contribution in [0, 0.1) is 11.8 Å². The van der Waals surface area contributed by atoms with Gasteiger partial charge in [0.2, 0.25) is 0 Å². The predicted octanol–water partition coefficient (Wildman–Crippen LogP) is 2.06. The number of fused-ring (bicyclic) bond motifs is 1. The van der Waals surface area contributed by atoms with Gasteiger partial charge in [0.05, 0.1) is 0 Å². The van der Waals surface area contributed by atoms with Gasteiger partial charge in [-0.05, 0) is 50.6 Å². The molecule has 0 amide bonds. The Kier molecular flexibility index (Phi) is 2.77. The standard InChI is InChI=1S/C9H16NOP/c11-12-9-2-1-8-6-10-4-3-7(8)5-9/h7-10H,1-6H2. The van der Waals surface area contributed by atoms with Gasteiger partial charge in [0.15, 0.2) is 8.46 Å². The summed E-state index contributed by atoms with van der Waals surface area (Å²) in [7, 11) is 0.386. The van der Waals surface area contributed by atoms with Crippen molar-refractivity contribution in [3.63, 3.8) is 0 Å². The summed E-state index contributed by atoms with van der Waals surface area (Å²) >= 11 is 0. The molecule has 3 heteroatoms. The van der Waals surface area contributed by atoms with Gasteiger partial charge in [0.1, 0.15) is 0 Å². The molecule has 0 aromatic heterocycles. The minimum absolute atomic E-state index is 0.386. The van der Waals surface area contributed by atoms with Crippen LogP contribution in [-0.2, 0) is 4.57 Å². The summed E-state index contributed by atoms with van der Waals surface area (Å²) < 4.78 is 10.7. The molecule has 0 spiro atoms. The highest BCUT2D eigenvalue weighted by Gasteiger charge is 2.32. The van der Waals surface area contributed by atoms with Crippen LogP contribution in [0.25, 0.3) is 0 Å². The van der Waals surface area contributed by atoms with E-state index >= 15 is 0 Å². The zero-order chi connectivity index (χ0) is 8.39. The van der Waals surface area contributed by atoms with Crippen LogP contribution < -0.4 is 5.32 Å². The van der Waals surface area contributed by atoms with Crippen LogP contribution in [0.3, 0.4) is 0 Å². The van der Waals surface area contributed by atoms with Crippen molar-refractivity contribution in [1.82, 2.24) is 5.32 Å². The van der Waals surface area contributed by atoms with E-state index in [0.717, 1.165) is 11.8 Å². The average molecular weight is 185 g/mol. The molecule has 2 fully saturated rings. The van der Waals surface area contributed by atoms with Gasteiger partial charge in [-0.1, -0.05) is 0 Å². The maximum absolute atomic E-state index is 10.7. The second kappa shape index (κ2) is 3.85. The van der Waals surface area contributed by atoms with E-state index in [1.165, 1.54) is 38.8 Å². The second-order valence-electron chi connectivity index (χ2n) is 4.09. The van der Waals surface area contributed by atoms with E-state index in [4.69, 9.17) is 0 Å². The third-order valence-electron chi connectivity index (χ3n) is 3.36. The average Bonchev–Trinajstić information content (AvgIpc) is 2.17. The molecule has 0 radical (unpaired) electrons. The van der Waals surface area contributed by atoms with Crippen LogP contribution in [0.1, 0.15) is 25.7 Å². The number of piperidine rings is 1. The SMILES string of the molecule is O=PC1CCC2CNCCC2C1. The Labute approximate surface area is 75.3 Å². The first-order valence-electron chi connectivity index (χ1n) is 4.93. The monoisotopic (exact) mass is 185 g/mol. The second-order valence-corrected chi connectivity index (χ2v) is 5.03. The zero-order valence-electron chi connectivity index (χ0n) is 7.33. The minimum Gasteiger partial charge on any atom is -0.316 e. The van der Waals surface area contributed by atoms with Gasteiger partial charge < -0.3 is 5.32 Å². The van der Waals surface area contributed by atoms with Crippen molar-refractivity contribution in [2.45, 2.75) is 31.3 Å². The van der Waals surface area contributed by atoms with E-state index in [-0.39, 0.29) is 0 Å². The van der Waals surface area contributed by atoms with Gasteiger partial charge in [-0.25, -0.2) is 0 Å². The van der Waals surface area contributed by atoms with Gasteiger partial charge in [-0.3, -0.25) is 4.57 Å². The topological polar surface area (TPSA) is 29.1 Å². The lowest BCUT2D eigenvalue weighted by atomic mass is 9.75. The highest BCUT2D eigenvalue weighted by molar-refractivity contribution is 7.24. The van der Waals surface area contributed by atoms with Gasteiger partial charge in [0.25, 0.3) is 0 Å². The molecule has 1 saturated heterocycles. The molecule has 2 rings (SSSR count). The molecule has 3 unspecified atom stereocenters. The quantitative estimate of drug-likeness (QED) is 0.633. The highest BCUT2D eigenvalue weighted by atomic mass is 31.1. The fourth-order valence-electron chi connectivity index (χ4n) is 2.59. The lowest BCUT2D eigenvalue weighted by Crippen LogP contribution is -2.40. The third-order valence-corrected chi connectivity index (χ3v) is 4.13. The smallest absolute Gasteiger partial charge is 0.158 e. The van der Waals surface area contributed by atoms with Crippen molar-refractivity contribution in [2.24, 2.45) is 11.8 Å². The summed E-state index contributed by atoms with van der Waals surface area (Å²) in [5.41, 5.74) is 0.476. The number of nitrogens with one attached hydrogen (secondary N) is 1. The molecule has 1 N–H and O–H groups in total. The van der Waals surface area contributed by atoms with Gasteiger partial charge in [-0.15, -0.1) is 0 Å². The van der Waals surface area contributed by atoms with Crippen molar-refractivity contribution in [3.8, 4) is 0 Å². The van der Waals surface area contributed by atoms with Crippen LogP contribution in [0.2, 0.25) is 0 Å². The molecule has 2 nitrogen and oxygen atoms in total. The van der Waals surface area contributed by atoms with E-state index in [2.05, 4.69) is 5.32 Å². The summed E-state index contributed by atoms with van der Waals surface area (Å²) in [5.74, 6) is 1.75. The predicted molar refractivity (Wildman–Crippen MR) is 49.7 cm³/mol. The van der Waals surface area contributed by atoms with Gasteiger partial charge in [0, 0.05) is 5.66 Å². The Bertz CT molecular complexity index is 174. The molecule has 1 aliphatic heterocycles. The van der Waals surface area contributed by atoms with E-state index in [0.29, 0.717) is 14.1 Å². The van der Waals surface area contributed by atoms with E-state index in [1.807, 2.05) is 0 Å². The van der Waals surface area contributed by atoms with Crippen LogP contribution in [-0.4, -0.2) is 18.7 Å². The first kappa shape index (κ1) is 8.65. The minimum atomic E-state index is 0.386. The number of rotatable bonds is 1. The molecular weight excluding hydrogens is 169 g/mol. The molecular formula is C9H16NOP. The van der Waals surface area contributed by atoms with Gasteiger partial charge >= 0.3 is 0 Å². The largest absolute Gasteiger partial charge is 0.316 e. The molecule has 0 aromatic rings. The van der Waals surface area contributed by atoms with Crippen molar-refractivity contribution in [2.75, 3.05) is 13.1 Å². The highest BCUT2D eigenvalue weighted by Crippen LogP contribution is 2.38. The Morgan fingerprint density at radius 1 is 1.17 bits per heavy atom. The van der Waals surface area contributed by atoms with E-state index < -0.39 is 0 Å². The lowest BCUT2D eigenvalue weighted by molar-refractivity contribution is 0.188. The zero-order valence-corrected chi connectivity index (χ0v) is 8.22. The van der Waals surface area contributed by atoms with Crippen molar-refractivity contribution in [3.05, 3.63) is 0 Å². The molecule has 68 valence electrons. The summed E-state index contributed by atoms with van der Waals surface area (Å²) in [4.78, 5) is 0. The summed E-state index contributed by atoms with van der Waals surface area (Å²) in [6.45, 7) is 2.37. The summed E-state index contributed by atoms with van der Waals surface area (Å²) in [6, 6.07) is 0. The molecule has 1 saturated carbocycles. The molecule has 2 aliphatic rings. The first-order valence-corrected chi connectivity index (χ1v) is 5.81. The maximum atomic E-state index is 10.7. The van der Waals surface area contributed by atoms with Crippen LogP contribution >= 0.6 is 8.46 Å². The van der Waals surface area contributed by atoms with Crippen LogP contribution in [0.15, 0.2) is 0 Å². The van der Waals surface area contributed by atoms with Crippen LogP contribution in [0.5, 0.6) is 0 Å². The number of hydrogen-bond acceptors (Lipinski definition) is 2. The normalized spacial score (nSPS) is 42.5. The van der Waals surface area contributed by atoms with Crippen molar-refractivity contribution in [1.29, 1.82) is 0 Å². The molecule has 0 aromatic carbocycles. The third kappa shape index (κ3) is 1.70. The van der Waals surface area contributed by atoms with Crippen molar-refractivity contribution < 1.29 is 4.57 Å². The first-order chi connectivity index (χ1) is 5.90. The molecule has 1 heterocycles. The summed E-state index contributed by atoms with van der Waals surface area (Å²) in [5, 5.41) is 3.44. The van der Waals surface area contributed by atoms with Gasteiger partial charge in [-0.2, -0.15) is 0 Å². The molecule has 12 heavy (non-hydrogen) atoms. The van der Waals surface area contributed by atoms with E-state index in [1.54, 1.807) is 0 Å². The van der Waals surface area contributed by atoms with E-state index in [9.17, 15) is 4.57 Å². The Morgan fingerprint density at radius 3 is 2.92 bits per heavy atom. The van der Waals surface area contributed by atoms with Crippen molar-refractivity contribution >= 4 is 8.46 Å². The summed E-state index contributed by atoms with van der Waals surface area (Å²) in [6.07, 6.45) is 4.97. The molecule has 0 bridgehead atoms. The Hall–Kier alpha value is 0.0600. The Balaban J connectivity index is 1.93.